The van der Waals surface area contributed by atoms with Gasteiger partial charge < -0.3 is 11.5 Å². The van der Waals surface area contributed by atoms with Crippen molar-refractivity contribution in [3.8, 4) is 5.69 Å². The molecule has 0 unspecified atom stereocenters. The molecule has 7 nitrogen and oxygen atoms in total. The number of rotatable bonds is 2. The summed E-state index contributed by atoms with van der Waals surface area (Å²) in [6.07, 6.45) is 1.49. The number of nitrogens with zero attached hydrogens (tertiary/aromatic N) is 4. The second-order valence-corrected chi connectivity index (χ2v) is 5.61. The first-order chi connectivity index (χ1) is 10.8. The zero-order valence-corrected chi connectivity index (χ0v) is 13.5. The van der Waals surface area contributed by atoms with E-state index in [1.807, 2.05) is 33.8 Å². The molecule has 3 aromatic rings. The molecule has 3 heterocycles. The van der Waals surface area contributed by atoms with Gasteiger partial charge in [0.05, 0.1) is 22.6 Å². The summed E-state index contributed by atoms with van der Waals surface area (Å²) < 4.78 is 1.71. The Morgan fingerprint density at radius 1 is 1.09 bits per heavy atom. The lowest BCUT2D eigenvalue weighted by molar-refractivity contribution is 0.100. The topological polar surface area (TPSA) is 113 Å². The summed E-state index contributed by atoms with van der Waals surface area (Å²) in [6, 6.07) is 1.89. The highest BCUT2D eigenvalue weighted by Crippen LogP contribution is 2.32. The first kappa shape index (κ1) is 15.0. The van der Waals surface area contributed by atoms with Crippen LogP contribution in [-0.4, -0.2) is 25.4 Å². The Balaban J connectivity index is 2.54. The molecular formula is C16H18N6O. The zero-order valence-electron chi connectivity index (χ0n) is 13.5. The van der Waals surface area contributed by atoms with Crippen LogP contribution < -0.4 is 11.5 Å². The lowest BCUT2D eigenvalue weighted by Crippen LogP contribution is -2.14. The maximum absolute atomic E-state index is 11.9. The van der Waals surface area contributed by atoms with E-state index in [9.17, 15) is 4.79 Å². The third-order valence-corrected chi connectivity index (χ3v) is 4.08. The number of aryl methyl sites for hydroxylation is 4. The van der Waals surface area contributed by atoms with Gasteiger partial charge in [-0.3, -0.25) is 9.36 Å². The number of nitrogen functional groups attached to an aromatic ring is 1. The van der Waals surface area contributed by atoms with E-state index in [2.05, 4.69) is 15.0 Å². The highest BCUT2D eigenvalue weighted by atomic mass is 16.1. The molecule has 0 saturated carbocycles. The second-order valence-electron chi connectivity index (χ2n) is 5.61. The number of pyridine rings is 1. The number of nitrogens with two attached hydrogens (primary N) is 2. The molecule has 0 radical (unpaired) electrons. The number of hydrogen-bond donors (Lipinski definition) is 2. The van der Waals surface area contributed by atoms with Crippen molar-refractivity contribution in [2.75, 3.05) is 5.73 Å². The number of anilines is 1. The average Bonchev–Trinajstić information content (AvgIpc) is 2.72. The Morgan fingerprint density at radius 2 is 1.70 bits per heavy atom. The van der Waals surface area contributed by atoms with E-state index in [1.165, 1.54) is 6.33 Å². The lowest BCUT2D eigenvalue weighted by atomic mass is 10.1. The van der Waals surface area contributed by atoms with E-state index in [1.54, 1.807) is 4.57 Å². The summed E-state index contributed by atoms with van der Waals surface area (Å²) >= 11 is 0. The number of carbonyl (C=O) groups excluding carboxylic acids is 1. The van der Waals surface area contributed by atoms with E-state index < -0.39 is 5.91 Å². The molecule has 4 N–H and O–H groups in total. The van der Waals surface area contributed by atoms with Crippen LogP contribution in [0.15, 0.2) is 12.4 Å². The van der Waals surface area contributed by atoms with Gasteiger partial charge in [0, 0.05) is 11.1 Å². The Kier molecular flexibility index (Phi) is 3.28. The van der Waals surface area contributed by atoms with E-state index >= 15 is 0 Å². The third kappa shape index (κ3) is 2.12. The summed E-state index contributed by atoms with van der Waals surface area (Å²) in [5.41, 5.74) is 16.7. The summed E-state index contributed by atoms with van der Waals surface area (Å²) in [5, 5.41) is 0.640. The Bertz CT molecular complexity index is 937. The Labute approximate surface area is 133 Å². The molecule has 3 aromatic heterocycles. The zero-order chi connectivity index (χ0) is 16.9. The molecule has 0 spiro atoms. The van der Waals surface area contributed by atoms with Crippen LogP contribution in [-0.2, 0) is 0 Å². The fourth-order valence-electron chi connectivity index (χ4n) is 2.81. The van der Waals surface area contributed by atoms with E-state index in [-0.39, 0.29) is 11.4 Å². The monoisotopic (exact) mass is 310 g/mol. The molecular weight excluding hydrogens is 292 g/mol. The van der Waals surface area contributed by atoms with Gasteiger partial charge in [-0.05, 0) is 39.3 Å². The standard InChI is InChI=1S/C16H18N6O/c1-7-5-11-12(15(18)23)14(17)22(16(11)21-8(7)2)13-9(3)19-6-20-10(13)4/h5-6H,17H2,1-4H3,(H2,18,23). The van der Waals surface area contributed by atoms with Crippen LogP contribution in [0.2, 0.25) is 0 Å². The predicted octanol–water partition coefficient (Wildman–Crippen LogP) is 1.73. The van der Waals surface area contributed by atoms with Crippen molar-refractivity contribution in [1.82, 2.24) is 19.5 Å². The summed E-state index contributed by atoms with van der Waals surface area (Å²) in [4.78, 5) is 25.0. The highest BCUT2D eigenvalue weighted by molar-refractivity contribution is 6.11. The van der Waals surface area contributed by atoms with Gasteiger partial charge in [-0.1, -0.05) is 0 Å². The second kappa shape index (κ2) is 5.05. The highest BCUT2D eigenvalue weighted by Gasteiger charge is 2.24. The molecule has 118 valence electrons. The lowest BCUT2D eigenvalue weighted by Gasteiger charge is -2.12. The Hall–Kier alpha value is -2.96. The van der Waals surface area contributed by atoms with Crippen molar-refractivity contribution in [3.05, 3.63) is 40.6 Å². The maximum atomic E-state index is 11.9. The molecule has 0 aliphatic carbocycles. The van der Waals surface area contributed by atoms with Crippen LogP contribution in [0.1, 0.15) is 33.0 Å². The average molecular weight is 310 g/mol. The number of primary amides is 1. The van der Waals surface area contributed by atoms with Crippen molar-refractivity contribution >= 4 is 22.8 Å². The van der Waals surface area contributed by atoms with Gasteiger partial charge in [0.15, 0.2) is 0 Å². The number of amides is 1. The minimum atomic E-state index is -0.580. The number of carbonyl (C=O) groups is 1. The Morgan fingerprint density at radius 3 is 2.26 bits per heavy atom. The maximum Gasteiger partial charge on any atom is 0.253 e. The molecule has 0 aromatic carbocycles. The van der Waals surface area contributed by atoms with E-state index in [0.29, 0.717) is 11.0 Å². The predicted molar refractivity (Wildman–Crippen MR) is 88.5 cm³/mol. The van der Waals surface area contributed by atoms with E-state index in [0.717, 1.165) is 28.3 Å². The van der Waals surface area contributed by atoms with Gasteiger partial charge in [0.1, 0.15) is 17.8 Å². The van der Waals surface area contributed by atoms with Crippen LogP contribution in [0.4, 0.5) is 5.82 Å². The van der Waals surface area contributed by atoms with Gasteiger partial charge in [-0.25, -0.2) is 15.0 Å². The first-order valence-corrected chi connectivity index (χ1v) is 7.19. The summed E-state index contributed by atoms with van der Waals surface area (Å²) in [5.74, 6) is -0.325. The fourth-order valence-corrected chi connectivity index (χ4v) is 2.81. The van der Waals surface area contributed by atoms with Crippen molar-refractivity contribution < 1.29 is 4.79 Å². The van der Waals surface area contributed by atoms with Crippen molar-refractivity contribution in [2.24, 2.45) is 5.73 Å². The molecule has 0 aliphatic rings. The van der Waals surface area contributed by atoms with Gasteiger partial charge in [-0.15, -0.1) is 0 Å². The van der Waals surface area contributed by atoms with Gasteiger partial charge >= 0.3 is 0 Å². The molecule has 0 atom stereocenters. The third-order valence-electron chi connectivity index (χ3n) is 4.08. The van der Waals surface area contributed by atoms with Crippen molar-refractivity contribution in [2.45, 2.75) is 27.7 Å². The molecule has 3 rings (SSSR count). The molecule has 7 heteroatoms. The SMILES string of the molecule is Cc1cc2c(C(N)=O)c(N)n(-c3c(C)ncnc3C)c2nc1C. The minimum absolute atomic E-state index is 0.256. The van der Waals surface area contributed by atoms with Gasteiger partial charge in [-0.2, -0.15) is 0 Å². The minimum Gasteiger partial charge on any atom is -0.384 e. The number of hydrogen-bond acceptors (Lipinski definition) is 5. The largest absolute Gasteiger partial charge is 0.384 e. The quantitative estimate of drug-likeness (QED) is 0.748. The molecule has 0 fully saturated rings. The van der Waals surface area contributed by atoms with Crippen molar-refractivity contribution in [3.63, 3.8) is 0 Å². The normalized spacial score (nSPS) is 11.1. The van der Waals surface area contributed by atoms with Crippen LogP contribution in [0, 0.1) is 27.7 Å². The summed E-state index contributed by atoms with van der Waals surface area (Å²) in [6.45, 7) is 7.57. The molecule has 0 aliphatic heterocycles. The van der Waals surface area contributed by atoms with Gasteiger partial charge in [0.25, 0.3) is 5.91 Å². The van der Waals surface area contributed by atoms with Crippen LogP contribution in [0.5, 0.6) is 0 Å². The number of aromatic nitrogens is 4. The van der Waals surface area contributed by atoms with Crippen LogP contribution in [0.25, 0.3) is 16.7 Å². The molecule has 0 saturated heterocycles. The molecule has 1 amide bonds. The molecule has 23 heavy (non-hydrogen) atoms. The summed E-state index contributed by atoms with van der Waals surface area (Å²) in [7, 11) is 0. The fraction of sp³-hybridized carbons (Fsp3) is 0.250. The van der Waals surface area contributed by atoms with E-state index in [4.69, 9.17) is 11.5 Å². The van der Waals surface area contributed by atoms with Crippen LogP contribution >= 0.6 is 0 Å². The van der Waals surface area contributed by atoms with Crippen molar-refractivity contribution in [1.29, 1.82) is 0 Å². The smallest absolute Gasteiger partial charge is 0.253 e. The first-order valence-electron chi connectivity index (χ1n) is 7.19. The van der Waals surface area contributed by atoms with Gasteiger partial charge in [0.2, 0.25) is 0 Å². The van der Waals surface area contributed by atoms with Crippen LogP contribution in [0.3, 0.4) is 0 Å². The number of fused-ring (bicyclic) bond motifs is 1. The molecule has 0 bridgehead atoms.